The molecule has 84 valence electrons. The van der Waals surface area contributed by atoms with Crippen LogP contribution in [0, 0.1) is 0 Å². The molecule has 0 bridgehead atoms. The molecule has 0 atom stereocenters. The molecule has 0 aromatic rings. The minimum Gasteiger partial charge on any atom is -0.477 e. The first-order valence-electron chi connectivity index (χ1n) is 3.88. The summed E-state index contributed by atoms with van der Waals surface area (Å²) in [4.78, 5) is 28.4. The molecule has 0 amide bonds. The summed E-state index contributed by atoms with van der Waals surface area (Å²) in [6, 6.07) is 0. The summed E-state index contributed by atoms with van der Waals surface area (Å²) < 4.78 is 20.0. The van der Waals surface area contributed by atoms with E-state index in [1.807, 2.05) is 0 Å². The molecular formula is C6H13O7P. The van der Waals surface area contributed by atoms with Gasteiger partial charge in [0.1, 0.15) is 0 Å². The van der Waals surface area contributed by atoms with Crippen molar-refractivity contribution in [3.05, 3.63) is 0 Å². The first-order valence-corrected chi connectivity index (χ1v) is 5.50. The van der Waals surface area contributed by atoms with Crippen molar-refractivity contribution >= 4 is 13.6 Å². The second-order valence-corrected chi connectivity index (χ2v) is 3.97. The number of carbonyl (C=O) groups is 1. The fourth-order valence-corrected chi connectivity index (χ4v) is 1.69. The maximum absolute atomic E-state index is 10.9. The van der Waals surface area contributed by atoms with E-state index in [9.17, 15) is 9.36 Å². The molecule has 0 heterocycles. The third-order valence-corrected chi connectivity index (χ3v) is 2.55. The molecule has 0 radical (unpaired) electrons. The average molecular weight is 228 g/mol. The Kier molecular flexibility index (Phi) is 4.70. The molecule has 0 rings (SSSR count). The molecule has 7 nitrogen and oxygen atoms in total. The molecule has 8 heteroatoms. The van der Waals surface area contributed by atoms with Gasteiger partial charge in [-0.3, -0.25) is 4.57 Å². The summed E-state index contributed by atoms with van der Waals surface area (Å²) in [5, 5.41) is 8.68. The highest BCUT2D eigenvalue weighted by Crippen LogP contribution is 2.52. The van der Waals surface area contributed by atoms with Gasteiger partial charge in [-0.25, -0.2) is 4.79 Å². The maximum Gasteiger partial charge on any atom is 0.397 e. The second kappa shape index (κ2) is 4.86. The summed E-state index contributed by atoms with van der Waals surface area (Å²) in [5.74, 6) is -1.84. The highest BCUT2D eigenvalue weighted by atomic mass is 31.2. The maximum atomic E-state index is 10.9. The van der Waals surface area contributed by atoms with E-state index in [2.05, 4.69) is 9.47 Å². The zero-order valence-corrected chi connectivity index (χ0v) is 8.73. The van der Waals surface area contributed by atoms with Crippen molar-refractivity contribution in [3.8, 4) is 0 Å². The summed E-state index contributed by atoms with van der Waals surface area (Å²) in [5.41, 5.74) is -2.88. The summed E-state index contributed by atoms with van der Waals surface area (Å²) >= 11 is 0. The van der Waals surface area contributed by atoms with Gasteiger partial charge in [0.25, 0.3) is 0 Å². The lowest BCUT2D eigenvalue weighted by Gasteiger charge is -2.28. The van der Waals surface area contributed by atoms with E-state index in [1.165, 1.54) is 13.8 Å². The Morgan fingerprint density at radius 1 is 1.29 bits per heavy atom. The van der Waals surface area contributed by atoms with E-state index in [0.29, 0.717) is 0 Å². The molecule has 3 N–H and O–H groups in total. The normalized spacial score (nSPS) is 12.9. The van der Waals surface area contributed by atoms with Crippen LogP contribution in [0.2, 0.25) is 0 Å². The van der Waals surface area contributed by atoms with Gasteiger partial charge < -0.3 is 24.4 Å². The van der Waals surface area contributed by atoms with E-state index in [0.717, 1.165) is 0 Å². The lowest BCUT2D eigenvalue weighted by atomic mass is 10.6. The van der Waals surface area contributed by atoms with Crippen molar-refractivity contribution in [1.82, 2.24) is 0 Å². The van der Waals surface area contributed by atoms with Crippen molar-refractivity contribution in [2.75, 3.05) is 13.2 Å². The molecule has 0 saturated heterocycles. The number of ether oxygens (including phenoxy) is 2. The van der Waals surface area contributed by atoms with Crippen LogP contribution < -0.4 is 0 Å². The van der Waals surface area contributed by atoms with Crippen molar-refractivity contribution in [3.63, 3.8) is 0 Å². The minimum atomic E-state index is -5.04. The van der Waals surface area contributed by atoms with Crippen LogP contribution in [0.25, 0.3) is 0 Å². The fourth-order valence-electron chi connectivity index (χ4n) is 0.849. The Balaban J connectivity index is 5.15. The van der Waals surface area contributed by atoms with Crippen molar-refractivity contribution in [1.29, 1.82) is 0 Å². The van der Waals surface area contributed by atoms with Crippen LogP contribution in [0.15, 0.2) is 0 Å². The quantitative estimate of drug-likeness (QED) is 0.432. The predicted molar refractivity (Wildman–Crippen MR) is 45.7 cm³/mol. The molecule has 0 aliphatic carbocycles. The second-order valence-electron chi connectivity index (χ2n) is 2.30. The molecular weight excluding hydrogens is 215 g/mol. The molecule has 14 heavy (non-hydrogen) atoms. The molecule has 0 aliphatic rings. The summed E-state index contributed by atoms with van der Waals surface area (Å²) in [7, 11) is -5.04. The van der Waals surface area contributed by atoms with Crippen LogP contribution in [-0.2, 0) is 18.8 Å². The van der Waals surface area contributed by atoms with Crippen molar-refractivity contribution in [2.24, 2.45) is 0 Å². The van der Waals surface area contributed by atoms with Gasteiger partial charge in [-0.1, -0.05) is 0 Å². The van der Waals surface area contributed by atoms with Gasteiger partial charge in [0.05, 0.1) is 0 Å². The molecule has 0 spiro atoms. The predicted octanol–water partition coefficient (Wildman–Crippen LogP) is -0.0245. The van der Waals surface area contributed by atoms with Gasteiger partial charge in [0, 0.05) is 13.2 Å². The van der Waals surface area contributed by atoms with E-state index < -0.39 is 19.1 Å². The molecule has 0 unspecified atom stereocenters. The third kappa shape index (κ3) is 2.52. The molecule has 0 saturated carbocycles. The van der Waals surface area contributed by atoms with Gasteiger partial charge in [0.15, 0.2) is 0 Å². The standard InChI is InChI=1S/C6H13O7P/c1-3-12-6(5(7)8,13-4-2)14(9,10)11/h3-4H2,1-2H3,(H,7,8)(H2,9,10,11). The highest BCUT2D eigenvalue weighted by Gasteiger charge is 2.57. The monoisotopic (exact) mass is 228 g/mol. The van der Waals surface area contributed by atoms with Crippen molar-refractivity contribution < 1.29 is 33.7 Å². The average Bonchev–Trinajstić information content (AvgIpc) is 2.01. The first-order chi connectivity index (χ1) is 6.31. The van der Waals surface area contributed by atoms with E-state index in [1.54, 1.807) is 0 Å². The minimum absolute atomic E-state index is 0.183. The van der Waals surface area contributed by atoms with Crippen LogP contribution in [0.1, 0.15) is 13.8 Å². The molecule has 0 fully saturated rings. The molecule has 0 aromatic heterocycles. The number of hydrogen-bond donors (Lipinski definition) is 3. The molecule has 0 aliphatic heterocycles. The lowest BCUT2D eigenvalue weighted by Crippen LogP contribution is -2.44. The van der Waals surface area contributed by atoms with Crippen LogP contribution >= 0.6 is 7.60 Å². The van der Waals surface area contributed by atoms with Crippen LogP contribution in [0.3, 0.4) is 0 Å². The highest BCUT2D eigenvalue weighted by molar-refractivity contribution is 7.54. The smallest absolute Gasteiger partial charge is 0.397 e. The van der Waals surface area contributed by atoms with Crippen LogP contribution in [-0.4, -0.2) is 39.6 Å². The Labute approximate surface area is 80.8 Å². The Morgan fingerprint density at radius 3 is 1.79 bits per heavy atom. The van der Waals surface area contributed by atoms with Gasteiger partial charge in [0.2, 0.25) is 0 Å². The Hall–Kier alpha value is -0.460. The van der Waals surface area contributed by atoms with Crippen LogP contribution in [0.4, 0.5) is 0 Å². The first kappa shape index (κ1) is 13.5. The number of carboxylic acid groups (broad SMARTS) is 1. The molecule has 0 aromatic carbocycles. The van der Waals surface area contributed by atoms with Gasteiger partial charge in [-0.05, 0) is 13.8 Å². The number of rotatable bonds is 6. The summed E-state index contributed by atoms with van der Waals surface area (Å²) in [6.07, 6.45) is 0. The van der Waals surface area contributed by atoms with Crippen LogP contribution in [0.5, 0.6) is 0 Å². The van der Waals surface area contributed by atoms with Crippen molar-refractivity contribution in [2.45, 2.75) is 19.4 Å². The fraction of sp³-hybridized carbons (Fsp3) is 0.833. The SMILES string of the molecule is CCOC(OCC)(C(=O)O)P(=O)(O)O. The third-order valence-electron chi connectivity index (χ3n) is 1.33. The van der Waals surface area contributed by atoms with Gasteiger partial charge in [-0.2, -0.15) is 0 Å². The zero-order valence-electron chi connectivity index (χ0n) is 7.84. The van der Waals surface area contributed by atoms with E-state index in [4.69, 9.17) is 14.9 Å². The van der Waals surface area contributed by atoms with E-state index >= 15 is 0 Å². The number of aliphatic carboxylic acids is 1. The Morgan fingerprint density at radius 2 is 1.64 bits per heavy atom. The lowest BCUT2D eigenvalue weighted by molar-refractivity contribution is -0.210. The van der Waals surface area contributed by atoms with E-state index in [-0.39, 0.29) is 13.2 Å². The zero-order chi connectivity index (χ0) is 11.4. The number of hydrogen-bond acceptors (Lipinski definition) is 4. The number of carboxylic acids is 1. The largest absolute Gasteiger partial charge is 0.477 e. The van der Waals surface area contributed by atoms with Gasteiger partial charge in [-0.15, -0.1) is 0 Å². The summed E-state index contributed by atoms with van der Waals surface area (Å²) in [6.45, 7) is 2.45. The Bertz CT molecular complexity index is 239. The van der Waals surface area contributed by atoms with Gasteiger partial charge >= 0.3 is 19.1 Å². The topological polar surface area (TPSA) is 113 Å².